The lowest BCUT2D eigenvalue weighted by Crippen LogP contribution is -1.94. The van der Waals surface area contributed by atoms with E-state index >= 15 is 0 Å². The predicted octanol–water partition coefficient (Wildman–Crippen LogP) is 4.18. The van der Waals surface area contributed by atoms with Crippen molar-refractivity contribution in [1.82, 2.24) is 9.97 Å². The van der Waals surface area contributed by atoms with E-state index in [0.717, 1.165) is 12.2 Å². The second-order valence-electron chi connectivity index (χ2n) is 4.66. The number of nitrogens with zero attached hydrogens (tertiary/aromatic N) is 1. The Kier molecular flexibility index (Phi) is 6.20. The maximum Gasteiger partial charge on any atom is 0.103 e. The van der Waals surface area contributed by atoms with Crippen LogP contribution in [0.3, 0.4) is 0 Å². The van der Waals surface area contributed by atoms with E-state index in [4.69, 9.17) is 0 Å². The van der Waals surface area contributed by atoms with Gasteiger partial charge in [0.15, 0.2) is 0 Å². The minimum absolute atomic E-state index is 1.08. The molecule has 1 aromatic heterocycles. The zero-order valence-corrected chi connectivity index (χ0v) is 11.1. The van der Waals surface area contributed by atoms with Crippen molar-refractivity contribution in [2.24, 2.45) is 0 Å². The highest BCUT2D eigenvalue weighted by molar-refractivity contribution is 5.14. The van der Waals surface area contributed by atoms with Gasteiger partial charge in [-0.15, -0.1) is 0 Å². The van der Waals surface area contributed by atoms with Crippen molar-refractivity contribution in [1.29, 1.82) is 0 Å². The van der Waals surface area contributed by atoms with Crippen LogP contribution in [0, 0.1) is 6.92 Å². The predicted molar refractivity (Wildman–Crippen MR) is 69.8 cm³/mol. The van der Waals surface area contributed by atoms with Gasteiger partial charge in [-0.05, 0) is 32.6 Å². The molecule has 2 heteroatoms. The summed E-state index contributed by atoms with van der Waals surface area (Å²) >= 11 is 0. The molecule has 0 aromatic carbocycles. The highest BCUT2D eigenvalue weighted by atomic mass is 14.9. The Balaban J connectivity index is 2.46. The maximum atomic E-state index is 4.61. The monoisotopic (exact) mass is 222 g/mol. The summed E-state index contributed by atoms with van der Waals surface area (Å²) in [5, 5.41) is 0. The van der Waals surface area contributed by atoms with Crippen molar-refractivity contribution in [3.63, 3.8) is 0 Å². The molecule has 0 amide bonds. The fourth-order valence-electron chi connectivity index (χ4n) is 2.10. The summed E-state index contributed by atoms with van der Waals surface area (Å²) < 4.78 is 0. The number of aromatic nitrogens is 2. The highest BCUT2D eigenvalue weighted by Crippen LogP contribution is 2.13. The van der Waals surface area contributed by atoms with E-state index in [1.54, 1.807) is 0 Å². The minimum Gasteiger partial charge on any atom is -0.346 e. The third kappa shape index (κ3) is 4.38. The van der Waals surface area contributed by atoms with E-state index in [9.17, 15) is 0 Å². The van der Waals surface area contributed by atoms with E-state index in [2.05, 4.69) is 30.7 Å². The van der Waals surface area contributed by atoms with Gasteiger partial charge >= 0.3 is 0 Å². The van der Waals surface area contributed by atoms with Crippen LogP contribution in [0.1, 0.15) is 69.6 Å². The number of H-pyrrole nitrogens is 1. The molecular weight excluding hydrogens is 196 g/mol. The van der Waals surface area contributed by atoms with Crippen molar-refractivity contribution in [2.45, 2.75) is 72.1 Å². The van der Waals surface area contributed by atoms with Crippen LogP contribution < -0.4 is 0 Å². The van der Waals surface area contributed by atoms with Gasteiger partial charge < -0.3 is 4.98 Å². The van der Waals surface area contributed by atoms with Crippen molar-refractivity contribution in [3.05, 3.63) is 17.2 Å². The summed E-state index contributed by atoms with van der Waals surface area (Å²) in [6.45, 7) is 6.56. The molecule has 0 fully saturated rings. The van der Waals surface area contributed by atoms with E-state index in [1.807, 2.05) is 0 Å². The van der Waals surface area contributed by atoms with Gasteiger partial charge in [-0.25, -0.2) is 4.98 Å². The van der Waals surface area contributed by atoms with Crippen LogP contribution in [0.5, 0.6) is 0 Å². The van der Waals surface area contributed by atoms with Crippen LogP contribution >= 0.6 is 0 Å². The Bertz CT molecular complexity index is 261. The number of aromatic amines is 1. The zero-order valence-electron chi connectivity index (χ0n) is 11.1. The molecule has 16 heavy (non-hydrogen) atoms. The van der Waals surface area contributed by atoms with Crippen LogP contribution in [0.2, 0.25) is 0 Å². The molecule has 0 aliphatic heterocycles. The van der Waals surface area contributed by atoms with Crippen LogP contribution in [0.4, 0.5) is 0 Å². The average molecular weight is 222 g/mol. The van der Waals surface area contributed by atoms with Crippen LogP contribution in [-0.4, -0.2) is 9.97 Å². The lowest BCUT2D eigenvalue weighted by atomic mass is 10.1. The lowest BCUT2D eigenvalue weighted by Gasteiger charge is -2.02. The van der Waals surface area contributed by atoms with Gasteiger partial charge in [0.25, 0.3) is 0 Å². The third-order valence-electron chi connectivity index (χ3n) is 3.03. The maximum absolute atomic E-state index is 4.61. The normalized spacial score (nSPS) is 10.9. The van der Waals surface area contributed by atoms with E-state index in [1.165, 1.54) is 56.3 Å². The molecule has 0 saturated heterocycles. The first-order chi connectivity index (χ1) is 7.77. The molecule has 0 radical (unpaired) electrons. The molecule has 0 unspecified atom stereocenters. The summed E-state index contributed by atoms with van der Waals surface area (Å²) in [7, 11) is 0. The molecule has 0 bridgehead atoms. The topological polar surface area (TPSA) is 28.7 Å². The zero-order chi connectivity index (χ0) is 11.8. The van der Waals surface area contributed by atoms with Gasteiger partial charge in [-0.2, -0.15) is 0 Å². The molecule has 0 atom stereocenters. The highest BCUT2D eigenvalue weighted by Gasteiger charge is 2.07. The molecule has 2 nitrogen and oxygen atoms in total. The molecule has 1 aromatic rings. The largest absolute Gasteiger partial charge is 0.346 e. The van der Waals surface area contributed by atoms with Gasteiger partial charge in [0.2, 0.25) is 0 Å². The summed E-state index contributed by atoms with van der Waals surface area (Å²) in [4.78, 5) is 8.02. The first-order valence-electron chi connectivity index (χ1n) is 6.82. The fraction of sp³-hybridized carbons (Fsp3) is 0.786. The third-order valence-corrected chi connectivity index (χ3v) is 3.03. The standard InChI is InChI=1S/C14H26N2/c1-4-6-8-10-13-14(11-9-7-5-2)16-12(3)15-13/h4-11H2,1-3H3,(H,15,16). The summed E-state index contributed by atoms with van der Waals surface area (Å²) in [6, 6.07) is 0. The molecule has 1 heterocycles. The van der Waals surface area contributed by atoms with Gasteiger partial charge in [0.05, 0.1) is 5.69 Å². The molecular formula is C14H26N2. The summed E-state index contributed by atoms with van der Waals surface area (Å²) in [6.07, 6.45) is 10.1. The number of unbranched alkanes of at least 4 members (excludes halogenated alkanes) is 4. The van der Waals surface area contributed by atoms with Gasteiger partial charge in [-0.3, -0.25) is 0 Å². The molecule has 0 aliphatic rings. The van der Waals surface area contributed by atoms with E-state index < -0.39 is 0 Å². The molecule has 0 aliphatic carbocycles. The van der Waals surface area contributed by atoms with Crippen LogP contribution in [0.15, 0.2) is 0 Å². The Morgan fingerprint density at radius 1 is 0.938 bits per heavy atom. The number of imidazole rings is 1. The molecule has 92 valence electrons. The van der Waals surface area contributed by atoms with Crippen molar-refractivity contribution < 1.29 is 0 Å². The van der Waals surface area contributed by atoms with Gasteiger partial charge in [0, 0.05) is 5.69 Å². The van der Waals surface area contributed by atoms with Crippen molar-refractivity contribution >= 4 is 0 Å². The Labute approximate surface area is 99.9 Å². The molecule has 1 rings (SSSR count). The number of nitrogens with one attached hydrogen (secondary N) is 1. The number of aryl methyl sites for hydroxylation is 3. The van der Waals surface area contributed by atoms with Crippen molar-refractivity contribution in [3.8, 4) is 0 Å². The minimum atomic E-state index is 1.08. The first kappa shape index (κ1) is 13.3. The van der Waals surface area contributed by atoms with Gasteiger partial charge in [-0.1, -0.05) is 39.5 Å². The van der Waals surface area contributed by atoms with Crippen LogP contribution in [0.25, 0.3) is 0 Å². The second kappa shape index (κ2) is 7.48. The van der Waals surface area contributed by atoms with Crippen LogP contribution in [-0.2, 0) is 12.8 Å². The Morgan fingerprint density at radius 2 is 1.56 bits per heavy atom. The second-order valence-corrected chi connectivity index (χ2v) is 4.66. The lowest BCUT2D eigenvalue weighted by molar-refractivity contribution is 0.683. The molecule has 0 spiro atoms. The quantitative estimate of drug-likeness (QED) is 0.657. The van der Waals surface area contributed by atoms with Gasteiger partial charge in [0.1, 0.15) is 5.82 Å². The molecule has 0 saturated carbocycles. The average Bonchev–Trinajstić information content (AvgIpc) is 2.60. The first-order valence-corrected chi connectivity index (χ1v) is 6.82. The number of rotatable bonds is 8. The Hall–Kier alpha value is -0.790. The smallest absolute Gasteiger partial charge is 0.103 e. The fourth-order valence-corrected chi connectivity index (χ4v) is 2.10. The molecule has 1 N–H and O–H groups in total. The summed E-state index contributed by atoms with van der Waals surface area (Å²) in [5.41, 5.74) is 2.71. The van der Waals surface area contributed by atoms with E-state index in [0.29, 0.717) is 0 Å². The number of hydrogen-bond donors (Lipinski definition) is 1. The van der Waals surface area contributed by atoms with Crippen molar-refractivity contribution in [2.75, 3.05) is 0 Å². The van der Waals surface area contributed by atoms with E-state index in [-0.39, 0.29) is 0 Å². The Morgan fingerprint density at radius 3 is 2.19 bits per heavy atom. The number of hydrogen-bond acceptors (Lipinski definition) is 1. The summed E-state index contributed by atoms with van der Waals surface area (Å²) in [5.74, 6) is 1.08. The SMILES string of the molecule is CCCCCc1nc(C)[nH]c1CCCCC.